The Kier molecular flexibility index (Phi) is 5.25. The molecule has 2 aromatic carbocycles. The fourth-order valence-electron chi connectivity index (χ4n) is 4.69. The number of nitrogens with zero attached hydrogens (tertiary/aromatic N) is 6. The molecule has 7 nitrogen and oxygen atoms in total. The van der Waals surface area contributed by atoms with Crippen molar-refractivity contribution < 1.29 is 4.79 Å². The number of fused-ring (bicyclic) bond motifs is 1. The lowest BCUT2D eigenvalue weighted by molar-refractivity contribution is 0.0688. The maximum absolute atomic E-state index is 13.2. The highest BCUT2D eigenvalue weighted by Crippen LogP contribution is 2.30. The zero-order valence-corrected chi connectivity index (χ0v) is 18.8. The largest absolute Gasteiger partial charge is 0.337 e. The summed E-state index contributed by atoms with van der Waals surface area (Å²) in [6.07, 6.45) is 2.71. The summed E-state index contributed by atoms with van der Waals surface area (Å²) in [4.78, 5) is 20.0. The van der Waals surface area contributed by atoms with E-state index in [1.807, 2.05) is 49.1 Å². The molecule has 32 heavy (non-hydrogen) atoms. The number of aryl methyl sites for hydroxylation is 2. The van der Waals surface area contributed by atoms with Crippen LogP contribution >= 0.6 is 0 Å². The smallest absolute Gasteiger partial charge is 0.276 e. The summed E-state index contributed by atoms with van der Waals surface area (Å²) in [6, 6.07) is 16.7. The highest BCUT2D eigenvalue weighted by atomic mass is 16.2. The van der Waals surface area contributed by atoms with Crippen molar-refractivity contribution in [3.8, 4) is 5.69 Å². The minimum atomic E-state index is -0.0366. The number of carbonyl (C=O) groups is 1. The average Bonchev–Trinajstić information content (AvgIpc) is 3.39. The highest BCUT2D eigenvalue weighted by molar-refractivity contribution is 5.93. The summed E-state index contributed by atoms with van der Waals surface area (Å²) in [5.74, 6) is 1.08. The third-order valence-electron chi connectivity index (χ3n) is 6.48. The molecule has 2 aromatic heterocycles. The average molecular weight is 429 g/mol. The molecular formula is C25H28N6O. The molecule has 1 aliphatic heterocycles. The van der Waals surface area contributed by atoms with Gasteiger partial charge in [-0.1, -0.05) is 42.0 Å². The van der Waals surface area contributed by atoms with Crippen LogP contribution in [-0.2, 0) is 6.42 Å². The van der Waals surface area contributed by atoms with E-state index in [2.05, 4.69) is 40.0 Å². The molecule has 0 aliphatic carbocycles. The van der Waals surface area contributed by atoms with Crippen molar-refractivity contribution in [2.45, 2.75) is 46.1 Å². The maximum Gasteiger partial charge on any atom is 0.276 e. The van der Waals surface area contributed by atoms with Crippen LogP contribution < -0.4 is 0 Å². The topological polar surface area (TPSA) is 68.8 Å². The first kappa shape index (κ1) is 20.4. The molecule has 7 heteroatoms. The molecule has 0 bridgehead atoms. The zero-order valence-electron chi connectivity index (χ0n) is 18.8. The van der Waals surface area contributed by atoms with Gasteiger partial charge in [0.05, 0.1) is 22.4 Å². The number of hydrogen-bond donors (Lipinski definition) is 0. The van der Waals surface area contributed by atoms with E-state index in [1.165, 1.54) is 11.1 Å². The van der Waals surface area contributed by atoms with Crippen molar-refractivity contribution >= 4 is 16.9 Å². The van der Waals surface area contributed by atoms with E-state index in [9.17, 15) is 4.79 Å². The lowest BCUT2D eigenvalue weighted by Crippen LogP contribution is -2.39. The molecule has 1 saturated heterocycles. The van der Waals surface area contributed by atoms with E-state index >= 15 is 0 Å². The molecule has 0 spiro atoms. The van der Waals surface area contributed by atoms with Gasteiger partial charge in [-0.3, -0.25) is 4.79 Å². The fraction of sp³-hybridized carbons (Fsp3) is 0.360. The number of aromatic nitrogens is 5. The van der Waals surface area contributed by atoms with Gasteiger partial charge in [0.15, 0.2) is 5.69 Å². The van der Waals surface area contributed by atoms with Crippen molar-refractivity contribution in [1.82, 2.24) is 29.4 Å². The summed E-state index contributed by atoms with van der Waals surface area (Å²) in [7, 11) is 0. The van der Waals surface area contributed by atoms with Gasteiger partial charge in [0.25, 0.3) is 5.91 Å². The monoisotopic (exact) mass is 428 g/mol. The summed E-state index contributed by atoms with van der Waals surface area (Å²) < 4.78 is 4.13. The standard InChI is InChI=1S/C25H28N6O/c1-4-23-26-21-7-5-6-8-22(21)30(23)19-13-15-29(16-14-19)25(32)24-18(3)31(28-27-24)20-11-9-17(2)10-12-20/h5-12,19H,4,13-16H2,1-3H3. The second kappa shape index (κ2) is 8.22. The van der Waals surface area contributed by atoms with Crippen LogP contribution in [0.5, 0.6) is 0 Å². The Morgan fingerprint density at radius 3 is 2.47 bits per heavy atom. The van der Waals surface area contributed by atoms with Crippen LogP contribution in [-0.4, -0.2) is 48.4 Å². The summed E-state index contributed by atoms with van der Waals surface area (Å²) in [5.41, 5.74) is 5.54. The third-order valence-corrected chi connectivity index (χ3v) is 6.48. The molecule has 1 aliphatic rings. The lowest BCUT2D eigenvalue weighted by Gasteiger charge is -2.33. The number of rotatable bonds is 4. The summed E-state index contributed by atoms with van der Waals surface area (Å²) in [5, 5.41) is 8.48. The van der Waals surface area contributed by atoms with E-state index in [-0.39, 0.29) is 5.91 Å². The lowest BCUT2D eigenvalue weighted by atomic mass is 10.0. The first-order valence-electron chi connectivity index (χ1n) is 11.3. The van der Waals surface area contributed by atoms with Gasteiger partial charge in [-0.2, -0.15) is 0 Å². The molecule has 0 atom stereocenters. The second-order valence-corrected chi connectivity index (χ2v) is 8.53. The Labute approximate surface area is 187 Å². The van der Waals surface area contributed by atoms with Gasteiger partial charge < -0.3 is 9.47 Å². The van der Waals surface area contributed by atoms with Crippen LogP contribution in [0.3, 0.4) is 0 Å². The number of likely N-dealkylation sites (tertiary alicyclic amines) is 1. The molecule has 0 saturated carbocycles. The molecule has 1 amide bonds. The molecule has 4 aromatic rings. The van der Waals surface area contributed by atoms with Crippen molar-refractivity contribution in [1.29, 1.82) is 0 Å². The molecular weight excluding hydrogens is 400 g/mol. The predicted molar refractivity (Wildman–Crippen MR) is 124 cm³/mol. The fourth-order valence-corrected chi connectivity index (χ4v) is 4.69. The second-order valence-electron chi connectivity index (χ2n) is 8.53. The Morgan fingerprint density at radius 2 is 1.75 bits per heavy atom. The van der Waals surface area contributed by atoms with Crippen molar-refractivity contribution in [3.05, 3.63) is 71.3 Å². The Balaban J connectivity index is 1.33. The quantitative estimate of drug-likeness (QED) is 0.487. The first-order valence-corrected chi connectivity index (χ1v) is 11.3. The maximum atomic E-state index is 13.2. The SMILES string of the molecule is CCc1nc2ccccc2n1C1CCN(C(=O)c2nnn(-c3ccc(C)cc3)c2C)CC1. The minimum Gasteiger partial charge on any atom is -0.337 e. The van der Waals surface area contributed by atoms with Gasteiger partial charge in [-0.05, 0) is 51.0 Å². The molecule has 3 heterocycles. The predicted octanol–water partition coefficient (Wildman–Crippen LogP) is 4.27. The Morgan fingerprint density at radius 1 is 1.03 bits per heavy atom. The summed E-state index contributed by atoms with van der Waals surface area (Å²) in [6.45, 7) is 7.51. The van der Waals surface area contributed by atoms with Crippen molar-refractivity contribution in [3.63, 3.8) is 0 Å². The number of benzene rings is 2. The van der Waals surface area contributed by atoms with Gasteiger partial charge >= 0.3 is 0 Å². The van der Waals surface area contributed by atoms with Gasteiger partial charge in [0.1, 0.15) is 5.82 Å². The van der Waals surface area contributed by atoms with E-state index in [0.29, 0.717) is 24.8 Å². The van der Waals surface area contributed by atoms with Gasteiger partial charge in [-0.15, -0.1) is 5.10 Å². The van der Waals surface area contributed by atoms with Crippen LogP contribution in [0.1, 0.15) is 53.4 Å². The van der Waals surface area contributed by atoms with E-state index in [0.717, 1.165) is 42.0 Å². The number of hydrogen-bond acceptors (Lipinski definition) is 4. The number of carbonyl (C=O) groups excluding carboxylic acids is 1. The van der Waals surface area contributed by atoms with E-state index < -0.39 is 0 Å². The number of piperidine rings is 1. The van der Waals surface area contributed by atoms with Gasteiger partial charge in [-0.25, -0.2) is 9.67 Å². The van der Waals surface area contributed by atoms with E-state index in [4.69, 9.17) is 4.98 Å². The Bertz CT molecular complexity index is 1260. The van der Waals surface area contributed by atoms with Crippen LogP contribution in [0.2, 0.25) is 0 Å². The summed E-state index contributed by atoms with van der Waals surface area (Å²) >= 11 is 0. The Hall–Kier alpha value is -3.48. The number of para-hydroxylation sites is 2. The van der Waals surface area contributed by atoms with Crippen molar-refractivity contribution in [2.24, 2.45) is 0 Å². The van der Waals surface area contributed by atoms with Crippen molar-refractivity contribution in [2.75, 3.05) is 13.1 Å². The number of amides is 1. The van der Waals surface area contributed by atoms with Gasteiger partial charge in [0.2, 0.25) is 0 Å². The van der Waals surface area contributed by atoms with Gasteiger partial charge in [0, 0.05) is 25.6 Å². The molecule has 1 fully saturated rings. The number of imidazole rings is 1. The van der Waals surface area contributed by atoms with Crippen LogP contribution in [0, 0.1) is 13.8 Å². The minimum absolute atomic E-state index is 0.0366. The molecule has 5 rings (SSSR count). The first-order chi connectivity index (χ1) is 15.6. The van der Waals surface area contributed by atoms with Crippen LogP contribution in [0.15, 0.2) is 48.5 Å². The molecule has 164 valence electrons. The van der Waals surface area contributed by atoms with E-state index in [1.54, 1.807) is 4.68 Å². The highest BCUT2D eigenvalue weighted by Gasteiger charge is 2.29. The molecule has 0 radical (unpaired) electrons. The molecule has 0 N–H and O–H groups in total. The zero-order chi connectivity index (χ0) is 22.2. The van der Waals surface area contributed by atoms with Crippen LogP contribution in [0.4, 0.5) is 0 Å². The molecule has 0 unspecified atom stereocenters. The third kappa shape index (κ3) is 3.47. The van der Waals surface area contributed by atoms with Crippen LogP contribution in [0.25, 0.3) is 16.7 Å². The normalized spacial score (nSPS) is 14.9.